The third-order valence-corrected chi connectivity index (χ3v) is 1.82. The molecule has 1 heterocycles. The average Bonchev–Trinajstić information content (AvgIpc) is 2.50. The highest BCUT2D eigenvalue weighted by atomic mass is 16.2. The Kier molecular flexibility index (Phi) is 3.64. The van der Waals surface area contributed by atoms with Crippen molar-refractivity contribution in [3.05, 3.63) is 11.8 Å². The molecule has 2 N–H and O–H groups in total. The second-order valence-electron chi connectivity index (χ2n) is 3.41. The first-order valence-electron chi connectivity index (χ1n) is 4.60. The van der Waals surface area contributed by atoms with Crippen LogP contribution in [-0.2, 0) is 11.2 Å². The van der Waals surface area contributed by atoms with Crippen LogP contribution in [-0.4, -0.2) is 41.6 Å². The van der Waals surface area contributed by atoms with Crippen LogP contribution in [0.3, 0.4) is 0 Å². The summed E-state index contributed by atoms with van der Waals surface area (Å²) in [5.41, 5.74) is 1.03. The van der Waals surface area contributed by atoms with Gasteiger partial charge in [0.05, 0.1) is 12.7 Å². The highest BCUT2D eigenvalue weighted by Crippen LogP contribution is 2.10. The molecule has 14 heavy (non-hydrogen) atoms. The second kappa shape index (κ2) is 4.76. The van der Waals surface area contributed by atoms with Crippen LogP contribution in [0.25, 0.3) is 0 Å². The molecule has 0 bridgehead atoms. The smallest absolute Gasteiger partial charge is 0.239 e. The zero-order valence-corrected chi connectivity index (χ0v) is 8.79. The maximum Gasteiger partial charge on any atom is 0.239 e. The molecule has 0 fully saturated rings. The molecule has 1 amide bonds. The number of likely N-dealkylation sites (N-methyl/N-ethyl adjacent to an activating group) is 1. The van der Waals surface area contributed by atoms with E-state index in [0.29, 0.717) is 12.4 Å². The van der Waals surface area contributed by atoms with Crippen molar-refractivity contribution in [1.82, 2.24) is 15.1 Å². The van der Waals surface area contributed by atoms with Gasteiger partial charge in [-0.3, -0.25) is 9.89 Å². The monoisotopic (exact) mass is 196 g/mol. The van der Waals surface area contributed by atoms with Gasteiger partial charge in [-0.2, -0.15) is 5.10 Å². The molecule has 0 aromatic carbocycles. The molecule has 0 aliphatic carbocycles. The first kappa shape index (κ1) is 10.7. The third-order valence-electron chi connectivity index (χ3n) is 1.82. The number of aryl methyl sites for hydroxylation is 1. The van der Waals surface area contributed by atoms with Crippen LogP contribution in [0.15, 0.2) is 6.20 Å². The number of rotatable bonds is 4. The fourth-order valence-corrected chi connectivity index (χ4v) is 1.15. The summed E-state index contributed by atoms with van der Waals surface area (Å²) in [5.74, 6) is 0.674. The molecule has 0 spiro atoms. The number of nitrogens with zero attached hydrogens (tertiary/aromatic N) is 2. The van der Waals surface area contributed by atoms with Crippen molar-refractivity contribution in [1.29, 1.82) is 0 Å². The predicted octanol–water partition coefficient (Wildman–Crippen LogP) is 0.472. The lowest BCUT2D eigenvalue weighted by molar-refractivity contribution is -0.116. The molecule has 0 radical (unpaired) electrons. The molecule has 0 aliphatic rings. The summed E-state index contributed by atoms with van der Waals surface area (Å²) in [6, 6.07) is 0. The number of anilines is 1. The van der Waals surface area contributed by atoms with Crippen LogP contribution in [0.2, 0.25) is 0 Å². The number of hydrogen-bond donors (Lipinski definition) is 2. The van der Waals surface area contributed by atoms with Gasteiger partial charge in [-0.15, -0.1) is 0 Å². The van der Waals surface area contributed by atoms with Crippen molar-refractivity contribution in [2.75, 3.05) is 26.0 Å². The predicted molar refractivity (Wildman–Crippen MR) is 55.1 cm³/mol. The zero-order valence-electron chi connectivity index (χ0n) is 8.79. The Morgan fingerprint density at radius 2 is 2.36 bits per heavy atom. The van der Waals surface area contributed by atoms with E-state index < -0.39 is 0 Å². The molecular formula is C9H16N4O. The quantitative estimate of drug-likeness (QED) is 0.736. The maximum absolute atomic E-state index is 11.4. The summed E-state index contributed by atoms with van der Waals surface area (Å²) >= 11 is 0. The average molecular weight is 196 g/mol. The van der Waals surface area contributed by atoms with E-state index in [1.807, 2.05) is 25.9 Å². The third kappa shape index (κ3) is 2.85. The van der Waals surface area contributed by atoms with E-state index in [0.717, 1.165) is 12.0 Å². The molecule has 5 nitrogen and oxygen atoms in total. The van der Waals surface area contributed by atoms with Gasteiger partial charge in [-0.1, -0.05) is 6.92 Å². The van der Waals surface area contributed by atoms with Crippen molar-refractivity contribution >= 4 is 11.7 Å². The maximum atomic E-state index is 11.4. The lowest BCUT2D eigenvalue weighted by Crippen LogP contribution is -2.27. The summed E-state index contributed by atoms with van der Waals surface area (Å²) in [7, 11) is 3.71. The van der Waals surface area contributed by atoms with Crippen molar-refractivity contribution in [3.8, 4) is 0 Å². The fraction of sp³-hybridized carbons (Fsp3) is 0.556. The van der Waals surface area contributed by atoms with Gasteiger partial charge in [-0.25, -0.2) is 0 Å². The van der Waals surface area contributed by atoms with Gasteiger partial charge in [0, 0.05) is 5.56 Å². The topological polar surface area (TPSA) is 61.0 Å². The van der Waals surface area contributed by atoms with E-state index in [2.05, 4.69) is 15.5 Å². The molecule has 0 saturated carbocycles. The molecule has 0 atom stereocenters. The summed E-state index contributed by atoms with van der Waals surface area (Å²) in [6.07, 6.45) is 2.58. The standard InChI is InChI=1S/C9H16N4O/c1-4-7-5-10-12-9(7)11-8(14)6-13(2)3/h5H,4,6H2,1-3H3,(H2,10,11,12,14). The molecule has 0 aliphatic heterocycles. The summed E-state index contributed by atoms with van der Waals surface area (Å²) < 4.78 is 0. The number of H-pyrrole nitrogens is 1. The Hall–Kier alpha value is -1.36. The Morgan fingerprint density at radius 3 is 2.93 bits per heavy atom. The molecule has 0 saturated heterocycles. The number of carbonyl (C=O) groups is 1. The number of hydrogen-bond acceptors (Lipinski definition) is 3. The van der Waals surface area contributed by atoms with Gasteiger partial charge < -0.3 is 10.2 Å². The molecule has 5 heteroatoms. The van der Waals surface area contributed by atoms with Crippen molar-refractivity contribution in [3.63, 3.8) is 0 Å². The normalized spacial score (nSPS) is 10.6. The van der Waals surface area contributed by atoms with E-state index in [-0.39, 0.29) is 5.91 Å². The number of amides is 1. The van der Waals surface area contributed by atoms with Gasteiger partial charge in [-0.05, 0) is 20.5 Å². The SMILES string of the molecule is CCc1cn[nH]c1NC(=O)CN(C)C. The van der Waals surface area contributed by atoms with Gasteiger partial charge in [0.1, 0.15) is 5.82 Å². The molecule has 0 unspecified atom stereocenters. The van der Waals surface area contributed by atoms with E-state index in [1.54, 1.807) is 6.20 Å². The van der Waals surface area contributed by atoms with E-state index in [4.69, 9.17) is 0 Å². The van der Waals surface area contributed by atoms with Gasteiger partial charge >= 0.3 is 0 Å². The lowest BCUT2D eigenvalue weighted by Gasteiger charge is -2.09. The molecule has 1 aromatic rings. The Bertz CT molecular complexity index is 306. The van der Waals surface area contributed by atoms with Gasteiger partial charge in [0.2, 0.25) is 5.91 Å². The van der Waals surface area contributed by atoms with Crippen molar-refractivity contribution in [2.45, 2.75) is 13.3 Å². The second-order valence-corrected chi connectivity index (χ2v) is 3.41. The number of nitrogens with one attached hydrogen (secondary N) is 2. The summed E-state index contributed by atoms with van der Waals surface area (Å²) in [5, 5.41) is 9.41. The molecule has 78 valence electrons. The Morgan fingerprint density at radius 1 is 1.64 bits per heavy atom. The minimum Gasteiger partial charge on any atom is -0.310 e. The zero-order chi connectivity index (χ0) is 10.6. The minimum absolute atomic E-state index is 0.0334. The minimum atomic E-state index is -0.0334. The van der Waals surface area contributed by atoms with Crippen LogP contribution in [0.4, 0.5) is 5.82 Å². The summed E-state index contributed by atoms with van der Waals surface area (Å²) in [6.45, 7) is 2.40. The van der Waals surface area contributed by atoms with Crippen molar-refractivity contribution < 1.29 is 4.79 Å². The molecular weight excluding hydrogens is 180 g/mol. The largest absolute Gasteiger partial charge is 0.310 e. The van der Waals surface area contributed by atoms with Gasteiger partial charge in [0.25, 0.3) is 0 Å². The van der Waals surface area contributed by atoms with Gasteiger partial charge in [0.15, 0.2) is 0 Å². The van der Waals surface area contributed by atoms with Crippen LogP contribution in [0.5, 0.6) is 0 Å². The van der Waals surface area contributed by atoms with E-state index >= 15 is 0 Å². The molecule has 1 aromatic heterocycles. The highest BCUT2D eigenvalue weighted by Gasteiger charge is 2.07. The Balaban J connectivity index is 2.55. The van der Waals surface area contributed by atoms with Crippen LogP contribution in [0, 0.1) is 0 Å². The Labute approximate surface area is 83.5 Å². The lowest BCUT2D eigenvalue weighted by atomic mass is 10.2. The molecule has 1 rings (SSSR count). The number of aromatic amines is 1. The van der Waals surface area contributed by atoms with Crippen LogP contribution >= 0.6 is 0 Å². The van der Waals surface area contributed by atoms with E-state index in [1.165, 1.54) is 0 Å². The van der Waals surface area contributed by atoms with E-state index in [9.17, 15) is 4.79 Å². The van der Waals surface area contributed by atoms with Crippen LogP contribution < -0.4 is 5.32 Å². The first-order chi connectivity index (χ1) is 6.63. The summed E-state index contributed by atoms with van der Waals surface area (Å²) in [4.78, 5) is 13.2. The number of carbonyl (C=O) groups excluding carboxylic acids is 1. The van der Waals surface area contributed by atoms with Crippen molar-refractivity contribution in [2.24, 2.45) is 0 Å². The van der Waals surface area contributed by atoms with Crippen LogP contribution in [0.1, 0.15) is 12.5 Å². The fourth-order valence-electron chi connectivity index (χ4n) is 1.15. The highest BCUT2D eigenvalue weighted by molar-refractivity contribution is 5.91. The first-order valence-corrected chi connectivity index (χ1v) is 4.60. The number of aromatic nitrogens is 2.